The lowest BCUT2D eigenvalue weighted by molar-refractivity contribution is -0.157. The van der Waals surface area contributed by atoms with Gasteiger partial charge in [0.2, 0.25) is 17.6 Å². The molecular formula is C22H28N2O7. The Balaban J connectivity index is 1.65. The highest BCUT2D eigenvalue weighted by molar-refractivity contribution is 6.08. The van der Waals surface area contributed by atoms with Crippen molar-refractivity contribution in [3.63, 3.8) is 0 Å². The van der Waals surface area contributed by atoms with Gasteiger partial charge >= 0.3 is 11.9 Å². The molecule has 2 aliphatic rings. The minimum Gasteiger partial charge on any atom is -0.462 e. The van der Waals surface area contributed by atoms with Gasteiger partial charge in [-0.05, 0) is 46.1 Å². The molecule has 1 N–H and O–H groups in total. The largest absolute Gasteiger partial charge is 0.462 e. The van der Waals surface area contributed by atoms with Crippen molar-refractivity contribution >= 4 is 29.5 Å². The average molecular weight is 432 g/mol. The summed E-state index contributed by atoms with van der Waals surface area (Å²) in [6, 6.07) is -1.10. The van der Waals surface area contributed by atoms with Crippen LogP contribution < -0.4 is 0 Å². The molecule has 0 bridgehead atoms. The fraction of sp³-hybridized carbons (Fsp3) is 0.591. The smallest absolute Gasteiger partial charge is 0.340 e. The molecule has 3 atom stereocenters. The van der Waals surface area contributed by atoms with Gasteiger partial charge in [0.25, 0.3) is 0 Å². The van der Waals surface area contributed by atoms with E-state index in [1.807, 2.05) is 0 Å². The van der Waals surface area contributed by atoms with Gasteiger partial charge in [-0.25, -0.2) is 9.59 Å². The first kappa shape index (κ1) is 22.7. The predicted octanol–water partition coefficient (Wildman–Crippen LogP) is 2.10. The van der Waals surface area contributed by atoms with Crippen molar-refractivity contribution in [1.29, 1.82) is 0 Å². The second-order valence-electron chi connectivity index (χ2n) is 8.10. The molecule has 168 valence electrons. The van der Waals surface area contributed by atoms with Gasteiger partial charge in [0.15, 0.2) is 6.61 Å². The second-order valence-corrected chi connectivity index (χ2v) is 8.10. The van der Waals surface area contributed by atoms with Crippen LogP contribution in [0.5, 0.6) is 0 Å². The number of Topliss-reactive ketones (excluding diaryl/α,β-unsaturated/α-hetero) is 1. The van der Waals surface area contributed by atoms with Crippen LogP contribution in [0.15, 0.2) is 0 Å². The van der Waals surface area contributed by atoms with Crippen molar-refractivity contribution in [2.45, 2.75) is 59.4 Å². The summed E-state index contributed by atoms with van der Waals surface area (Å²) in [5.41, 5.74) is 1.33. The molecule has 2 heterocycles. The number of aromatic amines is 1. The summed E-state index contributed by atoms with van der Waals surface area (Å²) in [6.07, 6.45) is 3.09. The molecule has 9 heteroatoms. The van der Waals surface area contributed by atoms with Crippen LogP contribution in [0.3, 0.4) is 0 Å². The molecule has 31 heavy (non-hydrogen) atoms. The van der Waals surface area contributed by atoms with Gasteiger partial charge in [0.05, 0.1) is 29.7 Å². The number of hydrogen-bond donors (Lipinski definition) is 1. The number of esters is 2. The highest BCUT2D eigenvalue weighted by Gasteiger charge is 2.51. The number of carbonyl (C=O) groups is 5. The number of H-pyrrole nitrogens is 1. The average Bonchev–Trinajstić information content (AvgIpc) is 3.18. The van der Waals surface area contributed by atoms with Gasteiger partial charge in [-0.3, -0.25) is 19.3 Å². The fourth-order valence-electron chi connectivity index (χ4n) is 4.54. The number of aromatic nitrogens is 1. The van der Waals surface area contributed by atoms with Gasteiger partial charge in [-0.1, -0.05) is 12.8 Å². The Morgan fingerprint density at radius 3 is 2.19 bits per heavy atom. The van der Waals surface area contributed by atoms with Crippen LogP contribution in [0.4, 0.5) is 0 Å². The molecule has 3 rings (SSSR count). The Labute approximate surface area is 180 Å². The van der Waals surface area contributed by atoms with E-state index in [-0.39, 0.29) is 41.5 Å². The van der Waals surface area contributed by atoms with Crippen LogP contribution in [0.2, 0.25) is 0 Å². The molecule has 2 fully saturated rings. The number of nitrogens with one attached hydrogen (secondary N) is 1. The summed E-state index contributed by atoms with van der Waals surface area (Å²) in [5, 5.41) is 0. The van der Waals surface area contributed by atoms with Gasteiger partial charge in [-0.15, -0.1) is 0 Å². The zero-order chi connectivity index (χ0) is 22.9. The normalized spacial score (nSPS) is 21.6. The third-order valence-corrected chi connectivity index (χ3v) is 6.15. The molecule has 9 nitrogen and oxygen atoms in total. The zero-order valence-electron chi connectivity index (χ0n) is 18.3. The number of likely N-dealkylation sites (tertiary alicyclic amines) is 1. The van der Waals surface area contributed by atoms with Crippen molar-refractivity contribution in [1.82, 2.24) is 9.88 Å². The molecule has 0 unspecified atom stereocenters. The Morgan fingerprint density at radius 2 is 1.65 bits per heavy atom. The number of aryl methyl sites for hydroxylation is 1. The van der Waals surface area contributed by atoms with E-state index in [4.69, 9.17) is 9.47 Å². The van der Waals surface area contributed by atoms with Crippen LogP contribution >= 0.6 is 0 Å². The number of carbonyl (C=O) groups excluding carboxylic acids is 5. The highest BCUT2D eigenvalue weighted by atomic mass is 16.5. The topological polar surface area (TPSA) is 123 Å². The lowest BCUT2D eigenvalue weighted by Crippen LogP contribution is -2.44. The fourth-order valence-corrected chi connectivity index (χ4v) is 4.54. The van der Waals surface area contributed by atoms with Crippen LogP contribution in [0, 0.1) is 25.7 Å². The van der Waals surface area contributed by atoms with E-state index in [9.17, 15) is 24.0 Å². The summed E-state index contributed by atoms with van der Waals surface area (Å²) in [6.45, 7) is 6.01. The first-order valence-corrected chi connectivity index (χ1v) is 10.6. The van der Waals surface area contributed by atoms with E-state index >= 15 is 0 Å². The molecule has 0 aromatic carbocycles. The minimum atomic E-state index is -1.10. The maximum absolute atomic E-state index is 12.6. The minimum absolute atomic E-state index is 0.153. The van der Waals surface area contributed by atoms with Crippen molar-refractivity contribution in [2.24, 2.45) is 11.8 Å². The Morgan fingerprint density at radius 1 is 1.06 bits per heavy atom. The first-order chi connectivity index (χ1) is 14.7. The molecule has 0 radical (unpaired) electrons. The van der Waals surface area contributed by atoms with Crippen LogP contribution in [-0.2, 0) is 23.9 Å². The number of ether oxygens (including phenoxy) is 2. The molecule has 0 spiro atoms. The number of amides is 2. The predicted molar refractivity (Wildman–Crippen MR) is 108 cm³/mol. The number of rotatable bonds is 7. The van der Waals surface area contributed by atoms with E-state index in [1.165, 1.54) is 6.92 Å². The lowest BCUT2D eigenvalue weighted by atomic mass is 9.81. The van der Waals surface area contributed by atoms with Crippen molar-refractivity contribution in [2.75, 3.05) is 13.2 Å². The number of fused-ring (bicyclic) bond motifs is 1. The molecule has 1 aromatic heterocycles. The quantitative estimate of drug-likeness (QED) is 0.398. The maximum Gasteiger partial charge on any atom is 0.340 e. The molecule has 1 aromatic rings. The first-order valence-electron chi connectivity index (χ1n) is 10.6. The van der Waals surface area contributed by atoms with E-state index in [1.54, 1.807) is 20.8 Å². The van der Waals surface area contributed by atoms with E-state index in [0.717, 1.165) is 17.7 Å². The van der Waals surface area contributed by atoms with Crippen molar-refractivity contribution < 1.29 is 33.4 Å². The maximum atomic E-state index is 12.6. The number of imide groups is 1. The van der Waals surface area contributed by atoms with Gasteiger partial charge in [0.1, 0.15) is 6.04 Å². The van der Waals surface area contributed by atoms with Crippen molar-refractivity contribution in [3.05, 3.63) is 22.5 Å². The van der Waals surface area contributed by atoms with Crippen LogP contribution in [-0.4, -0.2) is 58.7 Å². The Kier molecular flexibility index (Phi) is 6.62. The summed E-state index contributed by atoms with van der Waals surface area (Å²) >= 11 is 0. The SMILES string of the molecule is CCOC(=O)c1c(C)[nH]c(C(=O)COC(=O)[C@H](C)N2C(=O)[C@H]3CCCC[C@H]3C2=O)c1C. The highest BCUT2D eigenvalue weighted by Crippen LogP contribution is 2.38. The molecule has 1 aliphatic heterocycles. The monoisotopic (exact) mass is 432 g/mol. The standard InChI is InChI=1S/C22H28N2O7/c1-5-30-22(29)17-11(2)18(23-12(17)3)16(25)10-31-21(28)13(4)24-19(26)14-8-6-7-9-15(14)20(24)27/h13-15,23H,5-10H2,1-4H3/t13-,14-,15+/m0/s1. The molecule has 1 saturated carbocycles. The summed E-state index contributed by atoms with van der Waals surface area (Å²) in [4.78, 5) is 66.3. The van der Waals surface area contributed by atoms with Gasteiger partial charge in [0, 0.05) is 5.69 Å². The third kappa shape index (κ3) is 4.13. The van der Waals surface area contributed by atoms with E-state index in [2.05, 4.69) is 4.98 Å². The van der Waals surface area contributed by atoms with Crippen LogP contribution in [0.25, 0.3) is 0 Å². The Hall–Kier alpha value is -2.97. The molecule has 1 aliphatic carbocycles. The van der Waals surface area contributed by atoms with E-state index < -0.39 is 30.4 Å². The van der Waals surface area contributed by atoms with Crippen LogP contribution in [0.1, 0.15) is 71.6 Å². The Bertz CT molecular complexity index is 909. The molecule has 1 saturated heterocycles. The third-order valence-electron chi connectivity index (χ3n) is 6.15. The van der Waals surface area contributed by atoms with Gasteiger partial charge < -0.3 is 14.5 Å². The molecule has 2 amide bonds. The molecular weight excluding hydrogens is 404 g/mol. The number of hydrogen-bond acceptors (Lipinski definition) is 7. The summed E-state index contributed by atoms with van der Waals surface area (Å²) in [5.74, 6) is -3.26. The van der Waals surface area contributed by atoms with Crippen molar-refractivity contribution in [3.8, 4) is 0 Å². The van der Waals surface area contributed by atoms with E-state index in [0.29, 0.717) is 24.1 Å². The zero-order valence-corrected chi connectivity index (χ0v) is 18.3. The second kappa shape index (κ2) is 9.03. The number of nitrogens with zero attached hydrogens (tertiary/aromatic N) is 1. The summed E-state index contributed by atoms with van der Waals surface area (Å²) in [7, 11) is 0. The lowest BCUT2D eigenvalue weighted by Gasteiger charge is -2.21. The summed E-state index contributed by atoms with van der Waals surface area (Å²) < 4.78 is 10.1. The number of ketones is 1. The van der Waals surface area contributed by atoms with Gasteiger partial charge in [-0.2, -0.15) is 0 Å².